The molecule has 3 aromatic heterocycles. The van der Waals surface area contributed by atoms with Crippen LogP contribution in [0.5, 0.6) is 0 Å². The molecule has 0 N–H and O–H groups in total. The smallest absolute Gasteiger partial charge is 0.227 e. The fourth-order valence-corrected chi connectivity index (χ4v) is 7.68. The van der Waals surface area contributed by atoms with Crippen molar-refractivity contribution in [1.82, 2.24) is 4.98 Å². The van der Waals surface area contributed by atoms with Gasteiger partial charge in [0, 0.05) is 33.5 Å². The van der Waals surface area contributed by atoms with Crippen LogP contribution >= 0.6 is 0 Å². The molecular weight excluding hydrogens is 641 g/mol. The molecule has 0 aliphatic rings. The molecule has 0 saturated carbocycles. The molecular formula is C47H28N2O3. The summed E-state index contributed by atoms with van der Waals surface area (Å²) >= 11 is 0. The van der Waals surface area contributed by atoms with Crippen molar-refractivity contribution in [1.29, 1.82) is 0 Å². The highest BCUT2D eigenvalue weighted by molar-refractivity contribution is 6.17. The Morgan fingerprint density at radius 1 is 0.423 bits per heavy atom. The van der Waals surface area contributed by atoms with Crippen molar-refractivity contribution in [2.75, 3.05) is 4.90 Å². The van der Waals surface area contributed by atoms with Crippen molar-refractivity contribution in [3.05, 3.63) is 170 Å². The van der Waals surface area contributed by atoms with Gasteiger partial charge >= 0.3 is 0 Å². The van der Waals surface area contributed by atoms with E-state index in [1.54, 1.807) is 0 Å². The molecule has 8 aromatic carbocycles. The molecule has 0 bridgehead atoms. The summed E-state index contributed by atoms with van der Waals surface area (Å²) in [4.78, 5) is 7.06. The first-order valence-electron chi connectivity index (χ1n) is 17.4. The number of hydrogen-bond donors (Lipinski definition) is 0. The zero-order valence-electron chi connectivity index (χ0n) is 27.8. The van der Waals surface area contributed by atoms with Crippen LogP contribution in [0, 0.1) is 0 Å². The van der Waals surface area contributed by atoms with Gasteiger partial charge in [-0.1, -0.05) is 103 Å². The third kappa shape index (κ3) is 4.39. The Labute approximate surface area is 297 Å². The first kappa shape index (κ1) is 28.7. The minimum Gasteiger partial charge on any atom is -0.456 e. The Morgan fingerprint density at radius 3 is 2.08 bits per heavy atom. The average Bonchev–Trinajstić information content (AvgIpc) is 3.92. The average molecular weight is 669 g/mol. The van der Waals surface area contributed by atoms with Gasteiger partial charge in [0.25, 0.3) is 0 Å². The number of anilines is 3. The van der Waals surface area contributed by atoms with Crippen molar-refractivity contribution in [3.8, 4) is 22.6 Å². The largest absolute Gasteiger partial charge is 0.456 e. The number of furan rings is 2. The Morgan fingerprint density at radius 2 is 1.17 bits per heavy atom. The Hall–Kier alpha value is -7.11. The highest BCUT2D eigenvalue weighted by atomic mass is 16.4. The van der Waals surface area contributed by atoms with Gasteiger partial charge in [-0.3, -0.25) is 0 Å². The van der Waals surface area contributed by atoms with Gasteiger partial charge in [-0.05, 0) is 82.6 Å². The molecule has 52 heavy (non-hydrogen) atoms. The van der Waals surface area contributed by atoms with E-state index < -0.39 is 0 Å². The van der Waals surface area contributed by atoms with E-state index in [9.17, 15) is 0 Å². The maximum absolute atomic E-state index is 6.59. The zero-order valence-corrected chi connectivity index (χ0v) is 27.8. The molecule has 0 amide bonds. The molecule has 0 unspecified atom stereocenters. The SMILES string of the molecule is c1ccc(-c2nc3ccc4oc5cc(N(c6ccc(-c7cccc8ccccc78)cc6)c6cccc7c6oc6ccccc67)ccc5c4c3o2)cc1. The van der Waals surface area contributed by atoms with Crippen LogP contribution in [0.1, 0.15) is 0 Å². The summed E-state index contributed by atoms with van der Waals surface area (Å²) in [7, 11) is 0. The third-order valence-corrected chi connectivity index (χ3v) is 10.1. The quantitative estimate of drug-likeness (QED) is 0.183. The number of hydrogen-bond acceptors (Lipinski definition) is 5. The van der Waals surface area contributed by atoms with E-state index in [-0.39, 0.29) is 0 Å². The highest BCUT2D eigenvalue weighted by Gasteiger charge is 2.22. The molecule has 0 atom stereocenters. The lowest BCUT2D eigenvalue weighted by Crippen LogP contribution is -2.10. The lowest BCUT2D eigenvalue weighted by atomic mass is 9.98. The number of para-hydroxylation sites is 2. The lowest BCUT2D eigenvalue weighted by molar-refractivity contribution is 0.622. The molecule has 0 radical (unpaired) electrons. The minimum absolute atomic E-state index is 0.589. The predicted octanol–water partition coefficient (Wildman–Crippen LogP) is 13.6. The summed E-state index contributed by atoms with van der Waals surface area (Å²) in [6.45, 7) is 0. The van der Waals surface area contributed by atoms with Crippen molar-refractivity contribution >= 4 is 82.8 Å². The minimum atomic E-state index is 0.589. The van der Waals surface area contributed by atoms with Gasteiger partial charge in [0.15, 0.2) is 11.2 Å². The second-order valence-corrected chi connectivity index (χ2v) is 13.1. The Balaban J connectivity index is 1.10. The normalized spacial score (nSPS) is 11.8. The number of oxazole rings is 1. The molecule has 0 fully saturated rings. The van der Waals surface area contributed by atoms with Crippen molar-refractivity contribution in [2.45, 2.75) is 0 Å². The summed E-state index contributed by atoms with van der Waals surface area (Å²) in [5, 5.41) is 6.49. The molecule has 11 rings (SSSR count). The van der Waals surface area contributed by atoms with Crippen LogP contribution < -0.4 is 4.90 Å². The molecule has 244 valence electrons. The van der Waals surface area contributed by atoms with E-state index in [1.807, 2.05) is 54.6 Å². The maximum atomic E-state index is 6.59. The molecule has 5 nitrogen and oxygen atoms in total. The molecule has 0 aliphatic heterocycles. The number of aromatic nitrogens is 1. The van der Waals surface area contributed by atoms with E-state index in [4.69, 9.17) is 18.2 Å². The van der Waals surface area contributed by atoms with E-state index in [0.717, 1.165) is 83.2 Å². The molecule has 5 heteroatoms. The van der Waals surface area contributed by atoms with Gasteiger partial charge in [0.2, 0.25) is 5.89 Å². The third-order valence-electron chi connectivity index (χ3n) is 10.1. The molecule has 0 saturated heterocycles. The first-order chi connectivity index (χ1) is 25.8. The number of benzene rings is 8. The molecule has 11 aromatic rings. The zero-order chi connectivity index (χ0) is 34.2. The summed E-state index contributed by atoms with van der Waals surface area (Å²) < 4.78 is 19.5. The van der Waals surface area contributed by atoms with Crippen molar-refractivity contribution < 1.29 is 13.3 Å². The fourth-order valence-electron chi connectivity index (χ4n) is 7.68. The topological polar surface area (TPSA) is 55.6 Å². The predicted molar refractivity (Wildman–Crippen MR) is 212 cm³/mol. The van der Waals surface area contributed by atoms with Crippen molar-refractivity contribution in [3.63, 3.8) is 0 Å². The molecule has 0 spiro atoms. The summed E-state index contributed by atoms with van der Waals surface area (Å²) in [6.07, 6.45) is 0. The Bertz CT molecular complexity index is 3130. The molecule has 3 heterocycles. The summed E-state index contributed by atoms with van der Waals surface area (Å²) in [5.41, 5.74) is 10.9. The van der Waals surface area contributed by atoms with Crippen LogP contribution in [0.25, 0.3) is 88.3 Å². The number of nitrogens with zero attached hydrogens (tertiary/aromatic N) is 2. The summed E-state index contributed by atoms with van der Waals surface area (Å²) in [6, 6.07) is 58.6. The van der Waals surface area contributed by atoms with Crippen molar-refractivity contribution in [2.24, 2.45) is 0 Å². The highest BCUT2D eigenvalue weighted by Crippen LogP contribution is 2.45. The maximum Gasteiger partial charge on any atom is 0.227 e. The van der Waals surface area contributed by atoms with Gasteiger partial charge < -0.3 is 18.2 Å². The van der Waals surface area contributed by atoms with Gasteiger partial charge in [-0.2, -0.15) is 0 Å². The van der Waals surface area contributed by atoms with Crippen LogP contribution in [0.15, 0.2) is 183 Å². The Kier molecular flexibility index (Phi) is 6.18. The standard InChI is InChI=1S/C47H28N2O3/c1-2-11-31(12-3-1)47-48-39-26-27-42-44(46(39)52-47)38-25-24-33(28-43(38)50-42)49(40-18-9-17-37-36-15-6-7-19-41(36)51-45(37)40)32-22-20-30(21-23-32)35-16-8-13-29-10-4-5-14-34(29)35/h1-28H. The molecule has 0 aliphatic carbocycles. The van der Waals surface area contributed by atoms with Crippen LogP contribution in [0.2, 0.25) is 0 Å². The van der Waals surface area contributed by atoms with E-state index in [2.05, 4.69) is 120 Å². The van der Waals surface area contributed by atoms with Crippen LogP contribution in [0.4, 0.5) is 17.1 Å². The van der Waals surface area contributed by atoms with E-state index >= 15 is 0 Å². The number of rotatable bonds is 5. The first-order valence-corrected chi connectivity index (χ1v) is 17.4. The number of fused-ring (bicyclic) bond motifs is 9. The summed E-state index contributed by atoms with van der Waals surface area (Å²) in [5.74, 6) is 0.589. The van der Waals surface area contributed by atoms with E-state index in [1.165, 1.54) is 16.3 Å². The van der Waals surface area contributed by atoms with Gasteiger partial charge in [0.05, 0.1) is 16.8 Å². The second-order valence-electron chi connectivity index (χ2n) is 13.1. The second kappa shape index (κ2) is 11.2. The lowest BCUT2D eigenvalue weighted by Gasteiger charge is -2.25. The monoisotopic (exact) mass is 668 g/mol. The van der Waals surface area contributed by atoms with Gasteiger partial charge in [-0.25, -0.2) is 4.98 Å². The van der Waals surface area contributed by atoms with Crippen LogP contribution in [0.3, 0.4) is 0 Å². The van der Waals surface area contributed by atoms with Gasteiger partial charge in [0.1, 0.15) is 22.3 Å². The van der Waals surface area contributed by atoms with Crippen LogP contribution in [-0.4, -0.2) is 4.98 Å². The fraction of sp³-hybridized carbons (Fsp3) is 0. The van der Waals surface area contributed by atoms with E-state index in [0.29, 0.717) is 5.89 Å². The van der Waals surface area contributed by atoms with Gasteiger partial charge in [-0.15, -0.1) is 0 Å². The van der Waals surface area contributed by atoms with Crippen LogP contribution in [-0.2, 0) is 0 Å².